The van der Waals surface area contributed by atoms with Gasteiger partial charge in [0.15, 0.2) is 0 Å². The fourth-order valence-corrected chi connectivity index (χ4v) is 2.34. The molecule has 0 aliphatic carbocycles. The minimum atomic E-state index is -0.900. The third-order valence-corrected chi connectivity index (χ3v) is 3.49. The Hall–Kier alpha value is -1.88. The standard InChI is InChI=1S/C13H16N2O3/c1-8(12(14)16)15-6-5-10-9(7-15)3-2-4-11(10)13(17)18/h2-4,8H,5-7H2,1H3,(H2,14,16)(H,17,18). The molecule has 1 amide bonds. The SMILES string of the molecule is CC(C(N)=O)N1CCc2c(cccc2C(=O)O)C1. The summed E-state index contributed by atoms with van der Waals surface area (Å²) in [7, 11) is 0. The largest absolute Gasteiger partial charge is 0.478 e. The summed E-state index contributed by atoms with van der Waals surface area (Å²) in [5.41, 5.74) is 7.49. The lowest BCUT2D eigenvalue weighted by Crippen LogP contribution is -2.45. The highest BCUT2D eigenvalue weighted by molar-refractivity contribution is 5.90. The summed E-state index contributed by atoms with van der Waals surface area (Å²) < 4.78 is 0. The van der Waals surface area contributed by atoms with Crippen LogP contribution in [0.4, 0.5) is 0 Å². The minimum absolute atomic E-state index is 0.327. The van der Waals surface area contributed by atoms with Crippen molar-refractivity contribution in [2.45, 2.75) is 25.9 Å². The zero-order chi connectivity index (χ0) is 13.3. The monoisotopic (exact) mass is 248 g/mol. The van der Waals surface area contributed by atoms with Crippen LogP contribution in [-0.4, -0.2) is 34.5 Å². The molecule has 0 aromatic heterocycles. The predicted molar refractivity (Wildman–Crippen MR) is 66.2 cm³/mol. The van der Waals surface area contributed by atoms with Gasteiger partial charge in [-0.05, 0) is 30.5 Å². The first kappa shape index (κ1) is 12.6. The van der Waals surface area contributed by atoms with E-state index in [0.717, 1.165) is 11.1 Å². The topological polar surface area (TPSA) is 83.6 Å². The molecule has 0 spiro atoms. The number of hydrogen-bond acceptors (Lipinski definition) is 3. The van der Waals surface area contributed by atoms with Crippen LogP contribution < -0.4 is 5.73 Å². The van der Waals surface area contributed by atoms with Crippen molar-refractivity contribution in [1.29, 1.82) is 0 Å². The van der Waals surface area contributed by atoms with Gasteiger partial charge in [0.2, 0.25) is 5.91 Å². The molecule has 1 atom stereocenters. The number of amides is 1. The van der Waals surface area contributed by atoms with E-state index in [1.54, 1.807) is 19.1 Å². The van der Waals surface area contributed by atoms with E-state index >= 15 is 0 Å². The highest BCUT2D eigenvalue weighted by Crippen LogP contribution is 2.23. The van der Waals surface area contributed by atoms with Crippen molar-refractivity contribution in [1.82, 2.24) is 4.90 Å². The summed E-state index contributed by atoms with van der Waals surface area (Å²) in [5, 5.41) is 9.12. The average Bonchev–Trinajstić information content (AvgIpc) is 2.36. The molecule has 1 unspecified atom stereocenters. The molecule has 0 fully saturated rings. The maximum atomic E-state index is 11.2. The van der Waals surface area contributed by atoms with Crippen molar-refractivity contribution < 1.29 is 14.7 Å². The minimum Gasteiger partial charge on any atom is -0.478 e. The lowest BCUT2D eigenvalue weighted by molar-refractivity contribution is -0.123. The number of nitrogens with zero attached hydrogens (tertiary/aromatic N) is 1. The summed E-state index contributed by atoms with van der Waals surface area (Å²) in [6, 6.07) is 4.93. The molecule has 3 N–H and O–H groups in total. The Kier molecular flexibility index (Phi) is 3.34. The van der Waals surface area contributed by atoms with Gasteiger partial charge in [0.1, 0.15) is 0 Å². The van der Waals surface area contributed by atoms with Gasteiger partial charge in [0.25, 0.3) is 0 Å². The molecule has 1 aliphatic heterocycles. The molecular formula is C13H16N2O3. The molecule has 0 bridgehead atoms. The van der Waals surface area contributed by atoms with Crippen molar-refractivity contribution in [2.75, 3.05) is 6.54 Å². The number of carbonyl (C=O) groups is 2. The van der Waals surface area contributed by atoms with E-state index in [1.807, 2.05) is 11.0 Å². The van der Waals surface area contributed by atoms with Crippen LogP contribution in [0.1, 0.15) is 28.4 Å². The third-order valence-electron chi connectivity index (χ3n) is 3.49. The lowest BCUT2D eigenvalue weighted by Gasteiger charge is -2.32. The van der Waals surface area contributed by atoms with Crippen LogP contribution in [0, 0.1) is 0 Å². The highest BCUT2D eigenvalue weighted by Gasteiger charge is 2.26. The van der Waals surface area contributed by atoms with Crippen molar-refractivity contribution in [2.24, 2.45) is 5.73 Å². The van der Waals surface area contributed by atoms with Gasteiger partial charge in [-0.2, -0.15) is 0 Å². The zero-order valence-corrected chi connectivity index (χ0v) is 10.2. The van der Waals surface area contributed by atoms with Crippen molar-refractivity contribution in [3.05, 3.63) is 34.9 Å². The number of carboxylic acids is 1. The van der Waals surface area contributed by atoms with Crippen molar-refractivity contribution in [3.8, 4) is 0 Å². The Balaban J connectivity index is 2.28. The maximum Gasteiger partial charge on any atom is 0.335 e. The van der Waals surface area contributed by atoms with Gasteiger partial charge >= 0.3 is 5.97 Å². The molecule has 0 saturated carbocycles. The smallest absolute Gasteiger partial charge is 0.335 e. The number of carbonyl (C=O) groups excluding carboxylic acids is 1. The van der Waals surface area contributed by atoms with Crippen LogP contribution in [0.5, 0.6) is 0 Å². The van der Waals surface area contributed by atoms with E-state index in [9.17, 15) is 9.59 Å². The first-order valence-electron chi connectivity index (χ1n) is 5.88. The second kappa shape index (κ2) is 4.78. The molecule has 5 heteroatoms. The highest BCUT2D eigenvalue weighted by atomic mass is 16.4. The summed E-state index contributed by atoms with van der Waals surface area (Å²) in [6.07, 6.45) is 0.634. The third kappa shape index (κ3) is 2.22. The van der Waals surface area contributed by atoms with Gasteiger partial charge < -0.3 is 10.8 Å². The molecule has 1 aliphatic rings. The normalized spacial score (nSPS) is 16.9. The quantitative estimate of drug-likeness (QED) is 0.821. The van der Waals surface area contributed by atoms with E-state index in [4.69, 9.17) is 10.8 Å². The Morgan fingerprint density at radius 1 is 1.44 bits per heavy atom. The van der Waals surface area contributed by atoms with Crippen LogP contribution in [0.2, 0.25) is 0 Å². The van der Waals surface area contributed by atoms with Crippen molar-refractivity contribution in [3.63, 3.8) is 0 Å². The molecule has 0 saturated heterocycles. The summed E-state index contributed by atoms with van der Waals surface area (Å²) in [5.74, 6) is -1.25. The predicted octanol–water partition coefficient (Wildman–Crippen LogP) is 0.617. The molecule has 2 rings (SSSR count). The Morgan fingerprint density at radius 2 is 2.17 bits per heavy atom. The molecule has 5 nitrogen and oxygen atoms in total. The Bertz CT molecular complexity index is 499. The number of fused-ring (bicyclic) bond motifs is 1. The molecule has 96 valence electrons. The zero-order valence-electron chi connectivity index (χ0n) is 10.2. The van der Waals surface area contributed by atoms with Gasteiger partial charge in [0.05, 0.1) is 11.6 Å². The molecule has 1 aromatic carbocycles. The second-order valence-electron chi connectivity index (χ2n) is 4.55. The molecule has 1 aromatic rings. The van der Waals surface area contributed by atoms with E-state index in [1.165, 1.54) is 0 Å². The first-order chi connectivity index (χ1) is 8.50. The number of hydrogen-bond donors (Lipinski definition) is 2. The van der Waals surface area contributed by atoms with E-state index < -0.39 is 5.97 Å². The molecule has 18 heavy (non-hydrogen) atoms. The molecular weight excluding hydrogens is 232 g/mol. The summed E-state index contributed by atoms with van der Waals surface area (Å²) >= 11 is 0. The molecule has 1 heterocycles. The van der Waals surface area contributed by atoms with Crippen molar-refractivity contribution >= 4 is 11.9 Å². The number of rotatable bonds is 3. The van der Waals surface area contributed by atoms with Crippen LogP contribution in [0.25, 0.3) is 0 Å². The summed E-state index contributed by atoms with van der Waals surface area (Å²) in [6.45, 7) is 3.00. The van der Waals surface area contributed by atoms with Gasteiger partial charge in [-0.3, -0.25) is 9.69 Å². The number of nitrogens with two attached hydrogens (primary N) is 1. The Labute approximate surface area is 105 Å². The van der Waals surface area contributed by atoms with Gasteiger partial charge in [0, 0.05) is 13.1 Å². The lowest BCUT2D eigenvalue weighted by atomic mass is 9.94. The maximum absolute atomic E-state index is 11.2. The van der Waals surface area contributed by atoms with E-state index in [0.29, 0.717) is 25.1 Å². The van der Waals surface area contributed by atoms with E-state index in [2.05, 4.69) is 0 Å². The van der Waals surface area contributed by atoms with Gasteiger partial charge in [-0.25, -0.2) is 4.79 Å². The van der Waals surface area contributed by atoms with Crippen LogP contribution in [-0.2, 0) is 17.8 Å². The number of aromatic carboxylic acids is 1. The summed E-state index contributed by atoms with van der Waals surface area (Å²) in [4.78, 5) is 24.2. The van der Waals surface area contributed by atoms with Gasteiger partial charge in [-0.1, -0.05) is 12.1 Å². The fourth-order valence-electron chi connectivity index (χ4n) is 2.34. The number of benzene rings is 1. The number of primary amides is 1. The number of carboxylic acid groups (broad SMARTS) is 1. The average molecular weight is 248 g/mol. The van der Waals surface area contributed by atoms with E-state index in [-0.39, 0.29) is 11.9 Å². The Morgan fingerprint density at radius 3 is 2.78 bits per heavy atom. The second-order valence-corrected chi connectivity index (χ2v) is 4.55. The van der Waals surface area contributed by atoms with Crippen LogP contribution in [0.3, 0.4) is 0 Å². The van der Waals surface area contributed by atoms with Crippen LogP contribution >= 0.6 is 0 Å². The first-order valence-corrected chi connectivity index (χ1v) is 5.88. The molecule has 0 radical (unpaired) electrons. The van der Waals surface area contributed by atoms with Gasteiger partial charge in [-0.15, -0.1) is 0 Å². The fraction of sp³-hybridized carbons (Fsp3) is 0.385. The van der Waals surface area contributed by atoms with Crippen LogP contribution in [0.15, 0.2) is 18.2 Å².